The smallest absolute Gasteiger partial charge is 0.229 e. The van der Waals surface area contributed by atoms with Gasteiger partial charge in [0.1, 0.15) is 0 Å². The van der Waals surface area contributed by atoms with Gasteiger partial charge in [-0.25, -0.2) is 0 Å². The number of halogens is 1. The average molecular weight is 311 g/mol. The highest BCUT2D eigenvalue weighted by Gasteiger charge is 2.29. The highest BCUT2D eigenvalue weighted by Crippen LogP contribution is 2.29. The fourth-order valence-electron chi connectivity index (χ4n) is 2.45. The van der Waals surface area contributed by atoms with E-state index in [4.69, 9.17) is 0 Å². The lowest BCUT2D eigenvalue weighted by Crippen LogP contribution is -2.28. The second kappa shape index (κ2) is 5.41. The Morgan fingerprint density at radius 3 is 2.67 bits per heavy atom. The van der Waals surface area contributed by atoms with Gasteiger partial charge in [0.2, 0.25) is 5.91 Å². The average Bonchev–Trinajstić information content (AvgIpc) is 2.69. The van der Waals surface area contributed by atoms with Crippen molar-refractivity contribution >= 4 is 27.5 Å². The molecule has 2 rings (SSSR count). The molecule has 4 heteroatoms. The summed E-state index contributed by atoms with van der Waals surface area (Å²) in [4.78, 5) is 12.2. The van der Waals surface area contributed by atoms with Crippen molar-refractivity contribution in [2.45, 2.75) is 20.8 Å². The predicted molar refractivity (Wildman–Crippen MR) is 77.8 cm³/mol. The maximum absolute atomic E-state index is 12.2. The SMILES string of the molecule is Cc1cc(C)c(NC(=O)[C@@H]2CNC[C@H]2C)c(Br)c1. The van der Waals surface area contributed by atoms with Gasteiger partial charge >= 0.3 is 0 Å². The number of rotatable bonds is 2. The minimum absolute atomic E-state index is 0.0672. The molecule has 2 atom stereocenters. The zero-order valence-electron chi connectivity index (χ0n) is 11.0. The first-order valence-electron chi connectivity index (χ1n) is 6.27. The lowest BCUT2D eigenvalue weighted by Gasteiger charge is -2.17. The molecule has 1 aliphatic rings. The molecule has 1 aromatic carbocycles. The van der Waals surface area contributed by atoms with E-state index in [1.807, 2.05) is 19.9 Å². The van der Waals surface area contributed by atoms with Gasteiger partial charge in [-0.15, -0.1) is 0 Å². The van der Waals surface area contributed by atoms with E-state index in [1.54, 1.807) is 0 Å². The van der Waals surface area contributed by atoms with Crippen LogP contribution in [0.15, 0.2) is 16.6 Å². The molecule has 1 heterocycles. The van der Waals surface area contributed by atoms with Crippen molar-refractivity contribution in [2.24, 2.45) is 11.8 Å². The Labute approximate surface area is 116 Å². The van der Waals surface area contributed by atoms with Gasteiger partial charge in [0.15, 0.2) is 0 Å². The van der Waals surface area contributed by atoms with Gasteiger partial charge in [0.05, 0.1) is 11.6 Å². The zero-order valence-corrected chi connectivity index (χ0v) is 12.6. The minimum Gasteiger partial charge on any atom is -0.325 e. The Morgan fingerprint density at radius 1 is 1.39 bits per heavy atom. The number of anilines is 1. The first-order valence-corrected chi connectivity index (χ1v) is 7.06. The molecule has 0 unspecified atom stereocenters. The number of carbonyl (C=O) groups excluding carboxylic acids is 1. The molecule has 1 aromatic rings. The number of carbonyl (C=O) groups is 1. The molecule has 98 valence electrons. The highest BCUT2D eigenvalue weighted by atomic mass is 79.9. The predicted octanol–water partition coefficient (Wildman–Crippen LogP) is 2.86. The van der Waals surface area contributed by atoms with E-state index in [0.717, 1.165) is 28.8 Å². The molecule has 0 radical (unpaired) electrons. The van der Waals surface area contributed by atoms with Crippen LogP contribution in [0.4, 0.5) is 5.69 Å². The summed E-state index contributed by atoms with van der Waals surface area (Å²) in [6.07, 6.45) is 0. The third-order valence-corrected chi connectivity index (χ3v) is 4.16. The quantitative estimate of drug-likeness (QED) is 0.882. The Hall–Kier alpha value is -0.870. The van der Waals surface area contributed by atoms with Crippen molar-refractivity contribution in [3.8, 4) is 0 Å². The summed E-state index contributed by atoms with van der Waals surface area (Å²) in [5.74, 6) is 0.576. The maximum atomic E-state index is 12.2. The van der Waals surface area contributed by atoms with E-state index in [-0.39, 0.29) is 11.8 Å². The molecule has 2 N–H and O–H groups in total. The number of benzene rings is 1. The van der Waals surface area contributed by atoms with Crippen LogP contribution in [0.1, 0.15) is 18.1 Å². The molecule has 18 heavy (non-hydrogen) atoms. The van der Waals surface area contributed by atoms with E-state index in [9.17, 15) is 4.79 Å². The van der Waals surface area contributed by atoms with E-state index in [2.05, 4.69) is 39.6 Å². The topological polar surface area (TPSA) is 41.1 Å². The van der Waals surface area contributed by atoms with Crippen molar-refractivity contribution in [1.29, 1.82) is 0 Å². The summed E-state index contributed by atoms with van der Waals surface area (Å²) >= 11 is 3.52. The molecule has 0 saturated carbocycles. The number of amides is 1. The molecule has 1 saturated heterocycles. The van der Waals surface area contributed by atoms with Gasteiger partial charge in [0.25, 0.3) is 0 Å². The van der Waals surface area contributed by atoms with Crippen LogP contribution in [0.2, 0.25) is 0 Å². The molecular weight excluding hydrogens is 292 g/mol. The van der Waals surface area contributed by atoms with Crippen molar-refractivity contribution in [1.82, 2.24) is 5.32 Å². The second-order valence-electron chi connectivity index (χ2n) is 5.17. The summed E-state index contributed by atoms with van der Waals surface area (Å²) in [6, 6.07) is 4.11. The van der Waals surface area contributed by atoms with Gasteiger partial charge in [0, 0.05) is 11.0 Å². The van der Waals surface area contributed by atoms with E-state index in [1.165, 1.54) is 5.56 Å². The summed E-state index contributed by atoms with van der Waals surface area (Å²) in [5, 5.41) is 6.31. The Bertz CT molecular complexity index is 450. The monoisotopic (exact) mass is 310 g/mol. The first kappa shape index (κ1) is 13.6. The lowest BCUT2D eigenvalue weighted by atomic mass is 9.97. The van der Waals surface area contributed by atoms with E-state index < -0.39 is 0 Å². The summed E-state index contributed by atoms with van der Waals surface area (Å²) < 4.78 is 0.951. The molecule has 3 nitrogen and oxygen atoms in total. The van der Waals surface area contributed by atoms with Crippen LogP contribution in [0.25, 0.3) is 0 Å². The van der Waals surface area contributed by atoms with Crippen molar-refractivity contribution in [3.63, 3.8) is 0 Å². The van der Waals surface area contributed by atoms with Crippen LogP contribution >= 0.6 is 15.9 Å². The number of nitrogens with one attached hydrogen (secondary N) is 2. The van der Waals surface area contributed by atoms with Gasteiger partial charge < -0.3 is 10.6 Å². The molecule has 0 aromatic heterocycles. The van der Waals surface area contributed by atoms with Crippen LogP contribution in [0.5, 0.6) is 0 Å². The van der Waals surface area contributed by atoms with Gasteiger partial charge in [-0.2, -0.15) is 0 Å². The van der Waals surface area contributed by atoms with Crippen LogP contribution < -0.4 is 10.6 Å². The largest absolute Gasteiger partial charge is 0.325 e. The Kier molecular flexibility index (Phi) is 4.07. The molecule has 0 aliphatic carbocycles. The van der Waals surface area contributed by atoms with Gasteiger partial charge in [-0.05, 0) is 59.4 Å². The molecule has 1 aliphatic heterocycles. The minimum atomic E-state index is 0.0672. The second-order valence-corrected chi connectivity index (χ2v) is 6.02. The van der Waals surface area contributed by atoms with Gasteiger partial charge in [-0.1, -0.05) is 13.0 Å². The fourth-order valence-corrected chi connectivity index (χ4v) is 3.22. The number of hydrogen-bond donors (Lipinski definition) is 2. The van der Waals surface area contributed by atoms with Crippen molar-refractivity contribution in [2.75, 3.05) is 18.4 Å². The standard InChI is InChI=1S/C14H19BrN2O/c1-8-4-9(2)13(12(15)5-8)17-14(18)11-7-16-6-10(11)3/h4-5,10-11,16H,6-7H2,1-3H3,(H,17,18)/t10-,11-/m1/s1. The summed E-state index contributed by atoms with van der Waals surface area (Å²) in [5.41, 5.74) is 3.17. The van der Waals surface area contributed by atoms with Gasteiger partial charge in [-0.3, -0.25) is 4.79 Å². The first-order chi connectivity index (χ1) is 8.49. The third-order valence-electron chi connectivity index (χ3n) is 3.53. The molecule has 0 bridgehead atoms. The highest BCUT2D eigenvalue weighted by molar-refractivity contribution is 9.10. The third kappa shape index (κ3) is 2.75. The number of hydrogen-bond acceptors (Lipinski definition) is 2. The van der Waals surface area contributed by atoms with Crippen LogP contribution in [-0.2, 0) is 4.79 Å². The maximum Gasteiger partial charge on any atom is 0.229 e. The molecule has 0 spiro atoms. The van der Waals surface area contributed by atoms with Crippen LogP contribution in [-0.4, -0.2) is 19.0 Å². The summed E-state index contributed by atoms with van der Waals surface area (Å²) in [7, 11) is 0. The summed E-state index contributed by atoms with van der Waals surface area (Å²) in [6.45, 7) is 7.87. The van der Waals surface area contributed by atoms with E-state index >= 15 is 0 Å². The molecule has 1 fully saturated rings. The van der Waals surface area contributed by atoms with Crippen molar-refractivity contribution < 1.29 is 4.79 Å². The lowest BCUT2D eigenvalue weighted by molar-refractivity contribution is -0.120. The zero-order chi connectivity index (χ0) is 13.3. The van der Waals surface area contributed by atoms with Crippen LogP contribution in [0.3, 0.4) is 0 Å². The Morgan fingerprint density at radius 2 is 2.11 bits per heavy atom. The molecular formula is C14H19BrN2O. The van der Waals surface area contributed by atoms with Crippen LogP contribution in [0, 0.1) is 25.7 Å². The van der Waals surface area contributed by atoms with Crippen molar-refractivity contribution in [3.05, 3.63) is 27.7 Å². The molecule has 1 amide bonds. The van der Waals surface area contributed by atoms with E-state index in [0.29, 0.717) is 5.92 Å². The normalized spacial score (nSPS) is 23.1. The Balaban J connectivity index is 2.17. The number of aryl methyl sites for hydroxylation is 2. The fraction of sp³-hybridized carbons (Fsp3) is 0.500.